The minimum atomic E-state index is -0.258. The number of carbonyl (C=O) groups is 2. The number of nitrogens with one attached hydrogen (secondary N) is 1. The summed E-state index contributed by atoms with van der Waals surface area (Å²) in [6.07, 6.45) is 1.13. The second-order valence-corrected chi connectivity index (χ2v) is 5.54. The normalized spacial score (nSPS) is 9.92. The number of hydrogen-bond acceptors (Lipinski definition) is 4. The van der Waals surface area contributed by atoms with Crippen LogP contribution in [0.2, 0.25) is 0 Å². The van der Waals surface area contributed by atoms with Gasteiger partial charge in [0.05, 0.1) is 18.2 Å². The van der Waals surface area contributed by atoms with Gasteiger partial charge in [-0.1, -0.05) is 13.0 Å². The Balaban J connectivity index is 1.84. The van der Waals surface area contributed by atoms with E-state index in [2.05, 4.69) is 5.32 Å². The van der Waals surface area contributed by atoms with Crippen molar-refractivity contribution < 1.29 is 14.3 Å². The van der Waals surface area contributed by atoms with Crippen LogP contribution in [0.5, 0.6) is 5.75 Å². The van der Waals surface area contributed by atoms with Gasteiger partial charge in [0.15, 0.2) is 5.78 Å². The molecule has 0 aliphatic carbocycles. The lowest BCUT2D eigenvalue weighted by Crippen LogP contribution is -2.13. The van der Waals surface area contributed by atoms with Crippen molar-refractivity contribution in [3.05, 3.63) is 59.7 Å². The summed E-state index contributed by atoms with van der Waals surface area (Å²) in [4.78, 5) is 24.1. The van der Waals surface area contributed by atoms with Crippen LogP contribution in [0.25, 0.3) is 0 Å². The topological polar surface area (TPSA) is 79.2 Å². The van der Waals surface area contributed by atoms with Crippen LogP contribution in [-0.2, 0) is 4.79 Å². The Hall–Kier alpha value is -3.13. The third kappa shape index (κ3) is 5.78. The summed E-state index contributed by atoms with van der Waals surface area (Å²) in [5, 5.41) is 11.5. The van der Waals surface area contributed by atoms with Crippen LogP contribution in [0.1, 0.15) is 42.1 Å². The van der Waals surface area contributed by atoms with Gasteiger partial charge in [-0.2, -0.15) is 5.26 Å². The summed E-state index contributed by atoms with van der Waals surface area (Å²) in [7, 11) is 0. The number of benzene rings is 2. The van der Waals surface area contributed by atoms with Gasteiger partial charge in [0.2, 0.25) is 5.91 Å². The van der Waals surface area contributed by atoms with Crippen molar-refractivity contribution in [1.29, 1.82) is 5.26 Å². The number of nitrogens with zero attached hydrogens (tertiary/aromatic N) is 1. The Morgan fingerprint density at radius 2 is 1.88 bits per heavy atom. The highest BCUT2D eigenvalue weighted by Crippen LogP contribution is 2.15. The first-order valence-corrected chi connectivity index (χ1v) is 8.18. The van der Waals surface area contributed by atoms with E-state index in [1.165, 1.54) is 0 Å². The van der Waals surface area contributed by atoms with E-state index >= 15 is 0 Å². The van der Waals surface area contributed by atoms with Gasteiger partial charge < -0.3 is 10.1 Å². The smallest absolute Gasteiger partial charge is 0.224 e. The average Bonchev–Trinajstić information content (AvgIpc) is 2.65. The largest absolute Gasteiger partial charge is 0.494 e. The van der Waals surface area contributed by atoms with Gasteiger partial charge in [-0.25, -0.2) is 0 Å². The number of nitriles is 1. The fourth-order valence-electron chi connectivity index (χ4n) is 2.22. The van der Waals surface area contributed by atoms with E-state index in [0.29, 0.717) is 23.4 Å². The molecule has 2 aromatic rings. The number of anilines is 1. The fourth-order valence-corrected chi connectivity index (χ4v) is 2.22. The summed E-state index contributed by atoms with van der Waals surface area (Å²) in [6.45, 7) is 2.67. The molecule has 0 saturated heterocycles. The van der Waals surface area contributed by atoms with Crippen molar-refractivity contribution in [2.75, 3.05) is 11.9 Å². The summed E-state index contributed by atoms with van der Waals surface area (Å²) in [5.74, 6) is 0.378. The van der Waals surface area contributed by atoms with E-state index in [9.17, 15) is 9.59 Å². The number of ketones is 1. The van der Waals surface area contributed by atoms with E-state index in [1.54, 1.807) is 48.5 Å². The molecule has 0 aliphatic heterocycles. The van der Waals surface area contributed by atoms with E-state index in [1.807, 2.05) is 13.0 Å². The third-order valence-corrected chi connectivity index (χ3v) is 3.50. The van der Waals surface area contributed by atoms with Crippen LogP contribution in [0.3, 0.4) is 0 Å². The zero-order valence-electron chi connectivity index (χ0n) is 14.1. The van der Waals surface area contributed by atoms with Gasteiger partial charge in [0.25, 0.3) is 0 Å². The molecule has 1 amide bonds. The van der Waals surface area contributed by atoms with Crippen molar-refractivity contribution >= 4 is 17.4 Å². The molecule has 25 heavy (non-hydrogen) atoms. The molecule has 0 unspecified atom stereocenters. The minimum absolute atomic E-state index is 0.0870. The molecule has 0 aliphatic rings. The van der Waals surface area contributed by atoms with Gasteiger partial charge in [-0.3, -0.25) is 9.59 Å². The highest BCUT2D eigenvalue weighted by molar-refractivity contribution is 6.00. The number of carbonyl (C=O) groups excluding carboxylic acids is 2. The monoisotopic (exact) mass is 336 g/mol. The Labute approximate surface area is 147 Å². The second kappa shape index (κ2) is 9.24. The predicted molar refractivity (Wildman–Crippen MR) is 95.6 cm³/mol. The summed E-state index contributed by atoms with van der Waals surface area (Å²) >= 11 is 0. The van der Waals surface area contributed by atoms with Crippen LogP contribution in [-0.4, -0.2) is 18.3 Å². The van der Waals surface area contributed by atoms with Gasteiger partial charge in [0, 0.05) is 24.1 Å². The van der Waals surface area contributed by atoms with Crippen molar-refractivity contribution in [2.45, 2.75) is 26.2 Å². The lowest BCUT2D eigenvalue weighted by Gasteiger charge is -2.07. The fraction of sp³-hybridized carbons (Fsp3) is 0.250. The van der Waals surface area contributed by atoms with Crippen LogP contribution in [0.4, 0.5) is 5.69 Å². The molecule has 5 nitrogen and oxygen atoms in total. The van der Waals surface area contributed by atoms with E-state index < -0.39 is 0 Å². The number of hydrogen-bond donors (Lipinski definition) is 1. The summed E-state index contributed by atoms with van der Waals surface area (Å²) in [6, 6.07) is 15.6. The molecule has 0 atom stereocenters. The Bertz CT molecular complexity index is 776. The molecule has 0 spiro atoms. The Morgan fingerprint density at radius 1 is 1.12 bits per heavy atom. The van der Waals surface area contributed by atoms with Gasteiger partial charge in [-0.05, 0) is 48.9 Å². The lowest BCUT2D eigenvalue weighted by molar-refractivity contribution is -0.116. The molecule has 0 aromatic heterocycles. The molecule has 5 heteroatoms. The maximum absolute atomic E-state index is 12.2. The van der Waals surface area contributed by atoms with Gasteiger partial charge in [-0.15, -0.1) is 0 Å². The first-order valence-electron chi connectivity index (χ1n) is 8.18. The maximum Gasteiger partial charge on any atom is 0.224 e. The number of amides is 1. The molecule has 128 valence electrons. The van der Waals surface area contributed by atoms with Crippen molar-refractivity contribution in [3.63, 3.8) is 0 Å². The zero-order valence-corrected chi connectivity index (χ0v) is 14.1. The molecule has 0 saturated carbocycles. The molecule has 2 rings (SSSR count). The number of Topliss-reactive ketones (excluding diaryl/α,β-unsaturated/α-hetero) is 1. The lowest BCUT2D eigenvalue weighted by atomic mass is 10.1. The molecule has 2 aromatic carbocycles. The number of rotatable bonds is 8. The molecule has 0 heterocycles. The molecule has 0 radical (unpaired) electrons. The van der Waals surface area contributed by atoms with Crippen LogP contribution in [0.15, 0.2) is 48.5 Å². The molecule has 0 bridgehead atoms. The third-order valence-electron chi connectivity index (χ3n) is 3.50. The highest BCUT2D eigenvalue weighted by atomic mass is 16.5. The van der Waals surface area contributed by atoms with Gasteiger partial charge in [0.1, 0.15) is 5.75 Å². The van der Waals surface area contributed by atoms with Crippen LogP contribution >= 0.6 is 0 Å². The van der Waals surface area contributed by atoms with Crippen LogP contribution in [0, 0.1) is 11.3 Å². The second-order valence-electron chi connectivity index (χ2n) is 5.54. The Morgan fingerprint density at radius 3 is 2.56 bits per heavy atom. The zero-order chi connectivity index (χ0) is 18.1. The van der Waals surface area contributed by atoms with Crippen molar-refractivity contribution in [2.24, 2.45) is 0 Å². The predicted octanol–water partition coefficient (Wildman–Crippen LogP) is 3.95. The Kier molecular flexibility index (Phi) is 6.73. The number of ether oxygens (including phenoxy) is 1. The molecular formula is C20H20N2O3. The van der Waals surface area contributed by atoms with E-state index in [0.717, 1.165) is 12.2 Å². The average molecular weight is 336 g/mol. The van der Waals surface area contributed by atoms with E-state index in [-0.39, 0.29) is 24.5 Å². The van der Waals surface area contributed by atoms with E-state index in [4.69, 9.17) is 10.00 Å². The van der Waals surface area contributed by atoms with Crippen molar-refractivity contribution in [1.82, 2.24) is 0 Å². The standard InChI is InChI=1S/C20H20N2O3/c1-2-12-25-18-8-6-16(7-9-18)19(23)10-11-20(24)22-17-5-3-4-15(13-17)14-21/h3-9,13H,2,10-12H2,1H3,(H,22,24). The molecule has 0 fully saturated rings. The SMILES string of the molecule is CCCOc1ccc(C(=O)CCC(=O)Nc2cccc(C#N)c2)cc1. The minimum Gasteiger partial charge on any atom is -0.494 e. The highest BCUT2D eigenvalue weighted by Gasteiger charge is 2.10. The maximum atomic E-state index is 12.2. The molecule has 1 N–H and O–H groups in total. The van der Waals surface area contributed by atoms with Gasteiger partial charge >= 0.3 is 0 Å². The first kappa shape index (κ1) is 18.2. The first-order chi connectivity index (χ1) is 12.1. The van der Waals surface area contributed by atoms with Crippen LogP contribution < -0.4 is 10.1 Å². The summed E-state index contributed by atoms with van der Waals surface area (Å²) in [5.41, 5.74) is 1.58. The summed E-state index contributed by atoms with van der Waals surface area (Å²) < 4.78 is 5.48. The quantitative estimate of drug-likeness (QED) is 0.740. The van der Waals surface area contributed by atoms with Crippen molar-refractivity contribution in [3.8, 4) is 11.8 Å². The molecular weight excluding hydrogens is 316 g/mol.